The summed E-state index contributed by atoms with van der Waals surface area (Å²) in [6, 6.07) is 13.3. The van der Waals surface area contributed by atoms with Crippen molar-refractivity contribution in [1.29, 1.82) is 0 Å². The molecule has 1 heterocycles. The fraction of sp³-hybridized carbons (Fsp3) is 0.182. The SMILES string of the molecule is C=C1CC(C2=CC=CCC2)Nc2ccc(-c3cccc(F)c3)cc21. The van der Waals surface area contributed by atoms with Crippen LogP contribution in [0.2, 0.25) is 0 Å². The molecule has 1 aliphatic carbocycles. The number of rotatable bonds is 2. The summed E-state index contributed by atoms with van der Waals surface area (Å²) >= 11 is 0. The van der Waals surface area contributed by atoms with Crippen molar-refractivity contribution in [3.63, 3.8) is 0 Å². The van der Waals surface area contributed by atoms with Crippen LogP contribution in [-0.2, 0) is 0 Å². The number of benzene rings is 2. The molecule has 2 heteroatoms. The van der Waals surface area contributed by atoms with Crippen molar-refractivity contribution in [3.8, 4) is 11.1 Å². The Morgan fingerprint density at radius 3 is 2.75 bits per heavy atom. The van der Waals surface area contributed by atoms with E-state index in [2.05, 4.69) is 42.3 Å². The van der Waals surface area contributed by atoms with Gasteiger partial charge >= 0.3 is 0 Å². The van der Waals surface area contributed by atoms with E-state index in [1.807, 2.05) is 12.1 Å². The summed E-state index contributed by atoms with van der Waals surface area (Å²) in [6.07, 6.45) is 9.71. The highest BCUT2D eigenvalue weighted by Gasteiger charge is 2.23. The van der Waals surface area contributed by atoms with Gasteiger partial charge in [-0.2, -0.15) is 0 Å². The summed E-state index contributed by atoms with van der Waals surface area (Å²) in [4.78, 5) is 0. The number of anilines is 1. The van der Waals surface area contributed by atoms with Crippen LogP contribution in [0.15, 0.2) is 72.8 Å². The van der Waals surface area contributed by atoms with E-state index < -0.39 is 0 Å². The highest BCUT2D eigenvalue weighted by molar-refractivity contribution is 5.83. The lowest BCUT2D eigenvalue weighted by atomic mass is 9.86. The van der Waals surface area contributed by atoms with Crippen LogP contribution in [0.3, 0.4) is 0 Å². The minimum Gasteiger partial charge on any atom is -0.378 e. The molecule has 1 N–H and O–H groups in total. The third-order valence-corrected chi connectivity index (χ3v) is 4.83. The third-order valence-electron chi connectivity index (χ3n) is 4.83. The first-order valence-corrected chi connectivity index (χ1v) is 8.41. The molecule has 120 valence electrons. The van der Waals surface area contributed by atoms with E-state index in [0.29, 0.717) is 6.04 Å². The standard InChI is InChI=1S/C22H20FN/c1-15-12-22(16-6-3-2-4-7-16)24-21-11-10-18(14-20(15)21)17-8-5-9-19(23)13-17/h2-3,5-6,8-11,13-14,22,24H,1,4,7,12H2. The van der Waals surface area contributed by atoms with Crippen molar-refractivity contribution in [2.45, 2.75) is 25.3 Å². The number of nitrogens with one attached hydrogen (secondary N) is 1. The summed E-state index contributed by atoms with van der Waals surface area (Å²) in [5.74, 6) is -0.209. The predicted octanol–water partition coefficient (Wildman–Crippen LogP) is 5.97. The molecule has 1 unspecified atom stereocenters. The van der Waals surface area contributed by atoms with E-state index in [1.165, 1.54) is 11.6 Å². The molecule has 2 aromatic rings. The van der Waals surface area contributed by atoms with Crippen molar-refractivity contribution < 1.29 is 4.39 Å². The van der Waals surface area contributed by atoms with Crippen LogP contribution in [0.25, 0.3) is 16.7 Å². The minimum atomic E-state index is -0.209. The number of fused-ring (bicyclic) bond motifs is 1. The van der Waals surface area contributed by atoms with Gasteiger partial charge in [0.2, 0.25) is 0 Å². The molecule has 1 aliphatic heterocycles. The maximum atomic E-state index is 13.5. The van der Waals surface area contributed by atoms with E-state index >= 15 is 0 Å². The lowest BCUT2D eigenvalue weighted by molar-refractivity contribution is 0.628. The summed E-state index contributed by atoms with van der Waals surface area (Å²) < 4.78 is 13.5. The quantitative estimate of drug-likeness (QED) is 0.720. The monoisotopic (exact) mass is 317 g/mol. The van der Waals surface area contributed by atoms with Crippen molar-refractivity contribution in [2.75, 3.05) is 5.32 Å². The molecule has 0 saturated carbocycles. The van der Waals surface area contributed by atoms with Crippen LogP contribution < -0.4 is 5.32 Å². The first-order chi connectivity index (χ1) is 11.7. The molecule has 4 rings (SSSR count). The molecule has 0 amide bonds. The van der Waals surface area contributed by atoms with Crippen molar-refractivity contribution in [2.24, 2.45) is 0 Å². The van der Waals surface area contributed by atoms with Crippen molar-refractivity contribution >= 4 is 11.3 Å². The van der Waals surface area contributed by atoms with Crippen molar-refractivity contribution in [3.05, 3.63) is 84.2 Å². The average molecular weight is 317 g/mol. The van der Waals surface area contributed by atoms with Crippen LogP contribution in [0.5, 0.6) is 0 Å². The number of halogens is 1. The number of allylic oxidation sites excluding steroid dienone is 3. The molecule has 0 aromatic heterocycles. The van der Waals surface area contributed by atoms with Crippen LogP contribution in [-0.4, -0.2) is 6.04 Å². The second kappa shape index (κ2) is 6.12. The normalized spacial score (nSPS) is 19.5. The molecule has 2 aromatic carbocycles. The van der Waals surface area contributed by atoms with Crippen LogP contribution in [0.4, 0.5) is 10.1 Å². The maximum Gasteiger partial charge on any atom is 0.123 e. The van der Waals surface area contributed by atoms with Gasteiger partial charge in [0.15, 0.2) is 0 Å². The zero-order valence-corrected chi connectivity index (χ0v) is 13.6. The van der Waals surface area contributed by atoms with Gasteiger partial charge in [-0.25, -0.2) is 4.39 Å². The Morgan fingerprint density at radius 1 is 1.08 bits per heavy atom. The van der Waals surface area contributed by atoms with E-state index in [9.17, 15) is 4.39 Å². The van der Waals surface area contributed by atoms with Gasteiger partial charge in [-0.1, -0.05) is 43.0 Å². The Labute approximate surface area is 142 Å². The summed E-state index contributed by atoms with van der Waals surface area (Å²) in [5, 5.41) is 3.65. The molecule has 2 aliphatic rings. The Morgan fingerprint density at radius 2 is 1.96 bits per heavy atom. The third kappa shape index (κ3) is 2.80. The van der Waals surface area contributed by atoms with Gasteiger partial charge in [0, 0.05) is 11.3 Å². The molecular weight excluding hydrogens is 297 g/mol. The molecular formula is C22H20FN. The second-order valence-corrected chi connectivity index (χ2v) is 6.48. The summed E-state index contributed by atoms with van der Waals surface area (Å²) in [5.41, 5.74) is 6.76. The molecule has 0 fully saturated rings. The van der Waals surface area contributed by atoms with Gasteiger partial charge in [0.05, 0.1) is 6.04 Å². The van der Waals surface area contributed by atoms with E-state index in [4.69, 9.17) is 0 Å². The number of hydrogen-bond donors (Lipinski definition) is 1. The van der Waals surface area contributed by atoms with Gasteiger partial charge in [-0.15, -0.1) is 0 Å². The predicted molar refractivity (Wildman–Crippen MR) is 99.4 cm³/mol. The van der Waals surface area contributed by atoms with Crippen LogP contribution in [0.1, 0.15) is 24.8 Å². The van der Waals surface area contributed by atoms with Crippen molar-refractivity contribution in [1.82, 2.24) is 0 Å². The minimum absolute atomic E-state index is 0.209. The first-order valence-electron chi connectivity index (χ1n) is 8.41. The number of hydrogen-bond acceptors (Lipinski definition) is 1. The van der Waals surface area contributed by atoms with E-state index in [-0.39, 0.29) is 5.82 Å². The highest BCUT2D eigenvalue weighted by atomic mass is 19.1. The average Bonchev–Trinajstić information content (AvgIpc) is 2.62. The Bertz CT molecular complexity index is 860. The zero-order chi connectivity index (χ0) is 16.5. The lowest BCUT2D eigenvalue weighted by Gasteiger charge is -2.31. The Kier molecular flexibility index (Phi) is 3.81. The Hall–Kier alpha value is -2.61. The van der Waals surface area contributed by atoms with Gasteiger partial charge in [0.1, 0.15) is 5.82 Å². The van der Waals surface area contributed by atoms with Gasteiger partial charge in [-0.05, 0) is 65.8 Å². The summed E-state index contributed by atoms with van der Waals surface area (Å²) in [7, 11) is 0. The fourth-order valence-electron chi connectivity index (χ4n) is 3.54. The molecule has 0 bridgehead atoms. The fourth-order valence-corrected chi connectivity index (χ4v) is 3.54. The zero-order valence-electron chi connectivity index (χ0n) is 13.6. The maximum absolute atomic E-state index is 13.5. The molecule has 0 radical (unpaired) electrons. The lowest BCUT2D eigenvalue weighted by Crippen LogP contribution is -2.27. The Balaban J connectivity index is 1.66. The van der Waals surface area contributed by atoms with Gasteiger partial charge in [0.25, 0.3) is 0 Å². The van der Waals surface area contributed by atoms with E-state index in [1.54, 1.807) is 12.1 Å². The molecule has 1 nitrogen and oxygen atoms in total. The smallest absolute Gasteiger partial charge is 0.123 e. The largest absolute Gasteiger partial charge is 0.378 e. The topological polar surface area (TPSA) is 12.0 Å². The second-order valence-electron chi connectivity index (χ2n) is 6.48. The van der Waals surface area contributed by atoms with Gasteiger partial charge in [-0.3, -0.25) is 0 Å². The molecule has 1 atom stereocenters. The summed E-state index contributed by atoms with van der Waals surface area (Å²) in [6.45, 7) is 4.29. The van der Waals surface area contributed by atoms with E-state index in [0.717, 1.165) is 47.2 Å². The first kappa shape index (κ1) is 14.9. The van der Waals surface area contributed by atoms with Crippen LogP contribution >= 0.6 is 0 Å². The molecule has 24 heavy (non-hydrogen) atoms. The van der Waals surface area contributed by atoms with Gasteiger partial charge < -0.3 is 5.32 Å². The highest BCUT2D eigenvalue weighted by Crippen LogP contribution is 2.38. The van der Waals surface area contributed by atoms with Crippen LogP contribution in [0, 0.1) is 5.82 Å². The molecule has 0 saturated heterocycles. The molecule has 0 spiro atoms.